The van der Waals surface area contributed by atoms with Gasteiger partial charge in [-0.15, -0.1) is 10.2 Å². The van der Waals surface area contributed by atoms with Crippen molar-refractivity contribution in [1.82, 2.24) is 14.8 Å². The molecule has 4 rings (SSSR count). The van der Waals surface area contributed by atoms with E-state index in [9.17, 15) is 4.79 Å². The maximum atomic E-state index is 12.3. The molecule has 0 saturated heterocycles. The van der Waals surface area contributed by atoms with Gasteiger partial charge in [-0.05, 0) is 59.9 Å². The number of amides is 1. The molecular weight excluding hydrogens is 356 g/mol. The molecule has 1 aromatic carbocycles. The van der Waals surface area contributed by atoms with Crippen LogP contribution in [0.4, 0.5) is 5.69 Å². The normalized spacial score (nSPS) is 14.1. The minimum Gasteiger partial charge on any atom is -0.322 e. The van der Waals surface area contributed by atoms with Crippen molar-refractivity contribution in [2.75, 3.05) is 5.32 Å². The summed E-state index contributed by atoms with van der Waals surface area (Å²) >= 11 is 1.61. The van der Waals surface area contributed by atoms with Gasteiger partial charge in [-0.25, -0.2) is 0 Å². The van der Waals surface area contributed by atoms with Gasteiger partial charge >= 0.3 is 0 Å². The molecule has 0 radical (unpaired) electrons. The SMILES string of the molecule is Cc1ccc(-c2nnc3n2CCCCC3)cc1NC(=O)/C=C/c1ccsc1. The quantitative estimate of drug-likeness (QED) is 0.670. The average Bonchev–Trinajstić information content (AvgIpc) is 3.27. The van der Waals surface area contributed by atoms with Crippen LogP contribution in [0, 0.1) is 6.92 Å². The number of nitrogens with zero attached hydrogens (tertiary/aromatic N) is 3. The fraction of sp³-hybridized carbons (Fsp3) is 0.286. The van der Waals surface area contributed by atoms with Crippen LogP contribution in [0.5, 0.6) is 0 Å². The fourth-order valence-corrected chi connectivity index (χ4v) is 3.94. The van der Waals surface area contributed by atoms with Crippen LogP contribution in [-0.2, 0) is 17.8 Å². The number of aryl methyl sites for hydroxylation is 2. The Hall–Kier alpha value is -2.73. The summed E-state index contributed by atoms with van der Waals surface area (Å²) in [6.07, 6.45) is 7.93. The smallest absolute Gasteiger partial charge is 0.248 e. The average molecular weight is 379 g/mol. The van der Waals surface area contributed by atoms with E-state index in [-0.39, 0.29) is 5.91 Å². The number of anilines is 1. The van der Waals surface area contributed by atoms with Crippen LogP contribution in [0.15, 0.2) is 41.1 Å². The number of hydrogen-bond acceptors (Lipinski definition) is 4. The number of hydrogen-bond donors (Lipinski definition) is 1. The van der Waals surface area contributed by atoms with Gasteiger partial charge in [0.1, 0.15) is 5.82 Å². The molecule has 27 heavy (non-hydrogen) atoms. The van der Waals surface area contributed by atoms with E-state index in [1.54, 1.807) is 17.4 Å². The van der Waals surface area contributed by atoms with Gasteiger partial charge in [-0.3, -0.25) is 4.79 Å². The summed E-state index contributed by atoms with van der Waals surface area (Å²) in [7, 11) is 0. The third kappa shape index (κ3) is 4.01. The Morgan fingerprint density at radius 1 is 1.22 bits per heavy atom. The molecule has 6 heteroatoms. The van der Waals surface area contributed by atoms with Crippen molar-refractivity contribution in [3.05, 3.63) is 58.1 Å². The molecule has 0 unspecified atom stereocenters. The van der Waals surface area contributed by atoms with Crippen molar-refractivity contribution >= 4 is 29.0 Å². The fourth-order valence-electron chi connectivity index (χ4n) is 3.31. The molecule has 0 spiro atoms. The first-order valence-electron chi connectivity index (χ1n) is 9.25. The van der Waals surface area contributed by atoms with Crippen LogP contribution in [0.25, 0.3) is 17.5 Å². The number of thiophene rings is 1. The van der Waals surface area contributed by atoms with Crippen LogP contribution in [0.3, 0.4) is 0 Å². The molecule has 1 N–H and O–H groups in total. The van der Waals surface area contributed by atoms with Crippen molar-refractivity contribution in [1.29, 1.82) is 0 Å². The van der Waals surface area contributed by atoms with Crippen LogP contribution in [0.1, 0.15) is 36.2 Å². The van der Waals surface area contributed by atoms with Crippen LogP contribution < -0.4 is 5.32 Å². The van der Waals surface area contributed by atoms with Gasteiger partial charge in [0.25, 0.3) is 0 Å². The second-order valence-corrected chi connectivity index (χ2v) is 7.59. The number of nitrogens with one attached hydrogen (secondary N) is 1. The first-order valence-corrected chi connectivity index (χ1v) is 10.2. The highest BCUT2D eigenvalue weighted by Crippen LogP contribution is 2.27. The summed E-state index contributed by atoms with van der Waals surface area (Å²) in [5, 5.41) is 15.8. The van der Waals surface area contributed by atoms with E-state index >= 15 is 0 Å². The molecule has 5 nitrogen and oxygen atoms in total. The number of aromatic nitrogens is 3. The number of benzene rings is 1. The number of carbonyl (C=O) groups is 1. The lowest BCUT2D eigenvalue weighted by Crippen LogP contribution is -2.09. The van der Waals surface area contributed by atoms with Crippen molar-refractivity contribution in [3.8, 4) is 11.4 Å². The molecule has 3 aromatic rings. The molecule has 2 aromatic heterocycles. The zero-order valence-electron chi connectivity index (χ0n) is 15.3. The first-order chi connectivity index (χ1) is 13.2. The Bertz CT molecular complexity index is 972. The first kappa shape index (κ1) is 17.7. The summed E-state index contributed by atoms with van der Waals surface area (Å²) in [6, 6.07) is 8.05. The van der Waals surface area contributed by atoms with E-state index in [4.69, 9.17) is 0 Å². The molecule has 138 valence electrons. The van der Waals surface area contributed by atoms with Gasteiger partial charge in [0, 0.05) is 30.3 Å². The highest BCUT2D eigenvalue weighted by molar-refractivity contribution is 7.08. The maximum Gasteiger partial charge on any atom is 0.248 e. The molecule has 1 aliphatic rings. The lowest BCUT2D eigenvalue weighted by atomic mass is 10.1. The van der Waals surface area contributed by atoms with Gasteiger partial charge in [0.2, 0.25) is 5.91 Å². The van der Waals surface area contributed by atoms with Gasteiger partial charge < -0.3 is 9.88 Å². The van der Waals surface area contributed by atoms with Gasteiger partial charge in [0.15, 0.2) is 5.82 Å². The molecule has 1 amide bonds. The minimum atomic E-state index is -0.137. The van der Waals surface area contributed by atoms with E-state index in [0.29, 0.717) is 0 Å². The number of rotatable bonds is 4. The standard InChI is InChI=1S/C21H22N4OS/c1-15-6-8-17(21-24-23-19-5-3-2-4-11-25(19)21)13-18(15)22-20(26)9-7-16-10-12-27-14-16/h6-10,12-14H,2-5,11H2,1H3,(H,22,26)/b9-7+. The topological polar surface area (TPSA) is 59.8 Å². The summed E-state index contributed by atoms with van der Waals surface area (Å²) in [6.45, 7) is 2.95. The monoisotopic (exact) mass is 378 g/mol. The zero-order chi connectivity index (χ0) is 18.6. The highest BCUT2D eigenvalue weighted by Gasteiger charge is 2.16. The summed E-state index contributed by atoms with van der Waals surface area (Å²) in [4.78, 5) is 12.3. The predicted octanol–water partition coefficient (Wildman–Crippen LogP) is 4.69. The molecule has 0 fully saturated rings. The molecule has 0 atom stereocenters. The highest BCUT2D eigenvalue weighted by atomic mass is 32.1. The Labute approximate surface area is 162 Å². The number of carbonyl (C=O) groups excluding carboxylic acids is 1. The van der Waals surface area contributed by atoms with Gasteiger partial charge in [-0.1, -0.05) is 18.6 Å². The molecule has 0 aliphatic carbocycles. The molecule has 1 aliphatic heterocycles. The Morgan fingerprint density at radius 3 is 3.00 bits per heavy atom. The van der Waals surface area contributed by atoms with Crippen molar-refractivity contribution in [2.24, 2.45) is 0 Å². The Morgan fingerprint density at radius 2 is 2.15 bits per heavy atom. The van der Waals surface area contributed by atoms with E-state index < -0.39 is 0 Å². The molecule has 0 saturated carbocycles. The second kappa shape index (κ2) is 7.88. The van der Waals surface area contributed by atoms with E-state index in [2.05, 4.69) is 20.1 Å². The van der Waals surface area contributed by atoms with Gasteiger partial charge in [0.05, 0.1) is 0 Å². The van der Waals surface area contributed by atoms with Gasteiger partial charge in [-0.2, -0.15) is 11.3 Å². The minimum absolute atomic E-state index is 0.137. The summed E-state index contributed by atoms with van der Waals surface area (Å²) < 4.78 is 2.22. The van der Waals surface area contributed by atoms with E-state index in [0.717, 1.165) is 53.4 Å². The lowest BCUT2D eigenvalue weighted by Gasteiger charge is -2.11. The van der Waals surface area contributed by atoms with Crippen LogP contribution >= 0.6 is 11.3 Å². The van der Waals surface area contributed by atoms with Crippen molar-refractivity contribution in [2.45, 2.75) is 39.2 Å². The Kier molecular flexibility index (Phi) is 5.16. The van der Waals surface area contributed by atoms with E-state index in [1.807, 2.05) is 48.0 Å². The molecular formula is C21H22N4OS. The molecule has 3 heterocycles. The summed E-state index contributed by atoms with van der Waals surface area (Å²) in [5.41, 5.74) is 3.84. The third-order valence-corrected chi connectivity index (χ3v) is 5.53. The molecule has 0 bridgehead atoms. The second-order valence-electron chi connectivity index (χ2n) is 6.81. The lowest BCUT2D eigenvalue weighted by molar-refractivity contribution is -0.111. The largest absolute Gasteiger partial charge is 0.322 e. The predicted molar refractivity (Wildman–Crippen MR) is 110 cm³/mol. The zero-order valence-corrected chi connectivity index (χ0v) is 16.1. The summed E-state index contributed by atoms with van der Waals surface area (Å²) in [5.74, 6) is 1.81. The number of fused-ring (bicyclic) bond motifs is 1. The van der Waals surface area contributed by atoms with Crippen molar-refractivity contribution in [3.63, 3.8) is 0 Å². The Balaban J connectivity index is 1.57. The third-order valence-electron chi connectivity index (χ3n) is 4.83. The van der Waals surface area contributed by atoms with Crippen LogP contribution in [-0.4, -0.2) is 20.7 Å². The van der Waals surface area contributed by atoms with E-state index in [1.165, 1.54) is 12.8 Å². The van der Waals surface area contributed by atoms with Crippen LogP contribution in [0.2, 0.25) is 0 Å². The van der Waals surface area contributed by atoms with Crippen molar-refractivity contribution < 1.29 is 4.79 Å². The maximum absolute atomic E-state index is 12.3.